The molecule has 4 rings (SSSR count). The first-order valence-electron chi connectivity index (χ1n) is 11.7. The minimum absolute atomic E-state index is 0.189. The SMILES string of the molecule is CCCSc1nc(NCCOCC)c2cnn(CCNC(=O)/C=C\c3ccc4c(c3)OCO4)c2n1. The fourth-order valence-electron chi connectivity index (χ4n) is 3.41. The summed E-state index contributed by atoms with van der Waals surface area (Å²) in [6, 6.07) is 5.55. The Labute approximate surface area is 208 Å². The van der Waals surface area contributed by atoms with Gasteiger partial charge in [-0.05, 0) is 37.1 Å². The van der Waals surface area contributed by atoms with Crippen molar-refractivity contribution in [2.75, 3.05) is 44.2 Å². The molecule has 11 heteroatoms. The lowest BCUT2D eigenvalue weighted by molar-refractivity contribution is -0.116. The third-order valence-corrected chi connectivity index (χ3v) is 6.15. The van der Waals surface area contributed by atoms with E-state index in [1.165, 1.54) is 6.08 Å². The highest BCUT2D eigenvalue weighted by Crippen LogP contribution is 2.32. The van der Waals surface area contributed by atoms with Crippen molar-refractivity contribution in [3.63, 3.8) is 0 Å². The number of hydrogen-bond acceptors (Lipinski definition) is 9. The standard InChI is InChI=1S/C24H30N6O4S/c1-3-13-35-24-28-22(26-10-12-32-4-2)18-15-27-30(23(18)29-24)11-9-25-21(31)8-6-17-5-7-19-20(14-17)34-16-33-19/h5-8,14-15H,3-4,9-13,16H2,1-2H3,(H,25,31)(H,26,28,29)/b8-6-. The first-order valence-corrected chi connectivity index (χ1v) is 12.7. The van der Waals surface area contributed by atoms with Crippen LogP contribution in [0.2, 0.25) is 0 Å². The number of amides is 1. The molecule has 1 aromatic carbocycles. The number of benzene rings is 1. The lowest BCUT2D eigenvalue weighted by Gasteiger charge is -2.10. The third kappa shape index (κ3) is 6.64. The molecule has 0 bridgehead atoms. The number of hydrogen-bond donors (Lipinski definition) is 2. The minimum Gasteiger partial charge on any atom is -0.454 e. The quantitative estimate of drug-likeness (QED) is 0.159. The Bertz CT molecular complexity index is 1180. The molecular formula is C24H30N6O4S. The molecule has 3 heterocycles. The summed E-state index contributed by atoms with van der Waals surface area (Å²) in [6.45, 7) is 7.14. The van der Waals surface area contributed by atoms with Crippen molar-refractivity contribution in [2.45, 2.75) is 32.0 Å². The van der Waals surface area contributed by atoms with Crippen molar-refractivity contribution < 1.29 is 19.0 Å². The molecule has 0 saturated carbocycles. The highest BCUT2D eigenvalue weighted by Gasteiger charge is 2.14. The molecule has 0 spiro atoms. The second-order valence-corrected chi connectivity index (χ2v) is 8.73. The largest absolute Gasteiger partial charge is 0.454 e. The third-order valence-electron chi connectivity index (χ3n) is 5.10. The Morgan fingerprint density at radius 2 is 2.11 bits per heavy atom. The monoisotopic (exact) mass is 498 g/mol. The minimum atomic E-state index is -0.189. The topological polar surface area (TPSA) is 112 Å². The predicted molar refractivity (Wildman–Crippen MR) is 136 cm³/mol. The number of nitrogens with zero attached hydrogens (tertiary/aromatic N) is 4. The van der Waals surface area contributed by atoms with Gasteiger partial charge in [0.2, 0.25) is 12.7 Å². The maximum absolute atomic E-state index is 12.3. The zero-order valence-corrected chi connectivity index (χ0v) is 20.8. The van der Waals surface area contributed by atoms with Crippen LogP contribution in [0.1, 0.15) is 25.8 Å². The van der Waals surface area contributed by atoms with Crippen LogP contribution < -0.4 is 20.1 Å². The van der Waals surface area contributed by atoms with E-state index in [-0.39, 0.29) is 12.7 Å². The molecule has 2 aromatic heterocycles. The number of fused-ring (bicyclic) bond motifs is 2. The molecule has 0 aliphatic carbocycles. The fourth-order valence-corrected chi connectivity index (χ4v) is 4.10. The van der Waals surface area contributed by atoms with Crippen LogP contribution in [0.5, 0.6) is 11.5 Å². The van der Waals surface area contributed by atoms with E-state index in [1.807, 2.05) is 25.1 Å². The second kappa shape index (κ2) is 12.4. The first-order chi connectivity index (χ1) is 17.2. The number of rotatable bonds is 13. The summed E-state index contributed by atoms with van der Waals surface area (Å²) in [5.41, 5.74) is 1.60. The van der Waals surface area contributed by atoms with Crippen molar-refractivity contribution >= 4 is 40.6 Å². The van der Waals surface area contributed by atoms with Crippen LogP contribution in [0, 0.1) is 0 Å². The van der Waals surface area contributed by atoms with E-state index in [2.05, 4.69) is 27.6 Å². The van der Waals surface area contributed by atoms with Gasteiger partial charge in [0.25, 0.3) is 0 Å². The lowest BCUT2D eigenvalue weighted by atomic mass is 10.2. The number of aromatic nitrogens is 4. The number of carbonyl (C=O) groups excluding carboxylic acids is 1. The number of anilines is 1. The number of ether oxygens (including phenoxy) is 3. The lowest BCUT2D eigenvalue weighted by Crippen LogP contribution is -2.25. The van der Waals surface area contributed by atoms with Crippen LogP contribution in [0.25, 0.3) is 17.1 Å². The van der Waals surface area contributed by atoms with Gasteiger partial charge in [-0.15, -0.1) is 0 Å². The van der Waals surface area contributed by atoms with Crippen molar-refractivity contribution in [2.24, 2.45) is 0 Å². The van der Waals surface area contributed by atoms with Crippen LogP contribution in [0.3, 0.4) is 0 Å². The fraction of sp³-hybridized carbons (Fsp3) is 0.417. The highest BCUT2D eigenvalue weighted by molar-refractivity contribution is 7.99. The van der Waals surface area contributed by atoms with Crippen molar-refractivity contribution in [1.82, 2.24) is 25.1 Å². The molecule has 0 atom stereocenters. The van der Waals surface area contributed by atoms with Gasteiger partial charge in [0.1, 0.15) is 5.82 Å². The van der Waals surface area contributed by atoms with Gasteiger partial charge in [0, 0.05) is 31.5 Å². The van der Waals surface area contributed by atoms with Gasteiger partial charge < -0.3 is 24.8 Å². The van der Waals surface area contributed by atoms with Gasteiger partial charge in [0.15, 0.2) is 22.3 Å². The first kappa shape index (κ1) is 24.8. The summed E-state index contributed by atoms with van der Waals surface area (Å²) in [5, 5.41) is 12.3. The van der Waals surface area contributed by atoms with Gasteiger partial charge in [0.05, 0.1) is 24.7 Å². The van der Waals surface area contributed by atoms with Gasteiger partial charge in [-0.2, -0.15) is 5.10 Å². The van der Waals surface area contributed by atoms with E-state index >= 15 is 0 Å². The Morgan fingerprint density at radius 3 is 2.97 bits per heavy atom. The van der Waals surface area contributed by atoms with Gasteiger partial charge in [-0.25, -0.2) is 14.6 Å². The maximum atomic E-state index is 12.3. The summed E-state index contributed by atoms with van der Waals surface area (Å²) in [4.78, 5) is 21.7. The van der Waals surface area contributed by atoms with Gasteiger partial charge in [-0.3, -0.25) is 4.79 Å². The molecule has 10 nitrogen and oxygen atoms in total. The van der Waals surface area contributed by atoms with Crippen LogP contribution in [0.4, 0.5) is 5.82 Å². The molecule has 1 aliphatic rings. The van der Waals surface area contributed by atoms with E-state index in [9.17, 15) is 4.79 Å². The highest BCUT2D eigenvalue weighted by atomic mass is 32.2. The molecule has 0 fully saturated rings. The molecule has 0 radical (unpaired) electrons. The molecule has 3 aromatic rings. The number of thioether (sulfide) groups is 1. The maximum Gasteiger partial charge on any atom is 0.244 e. The summed E-state index contributed by atoms with van der Waals surface area (Å²) in [7, 11) is 0. The average Bonchev–Trinajstić information content (AvgIpc) is 3.51. The van der Waals surface area contributed by atoms with Crippen molar-refractivity contribution in [3.8, 4) is 11.5 Å². The Morgan fingerprint density at radius 1 is 1.23 bits per heavy atom. The van der Waals surface area contributed by atoms with Crippen molar-refractivity contribution in [1.29, 1.82) is 0 Å². The zero-order chi connectivity index (χ0) is 24.5. The number of nitrogens with one attached hydrogen (secondary N) is 2. The molecular weight excluding hydrogens is 468 g/mol. The van der Waals surface area contributed by atoms with Crippen LogP contribution in [0.15, 0.2) is 35.6 Å². The van der Waals surface area contributed by atoms with E-state index in [1.54, 1.807) is 28.7 Å². The predicted octanol–water partition coefficient (Wildman–Crippen LogP) is 3.34. The average molecular weight is 499 g/mol. The van der Waals surface area contributed by atoms with E-state index in [4.69, 9.17) is 19.2 Å². The summed E-state index contributed by atoms with van der Waals surface area (Å²) < 4.78 is 17.9. The molecule has 1 amide bonds. The Kier molecular flexibility index (Phi) is 8.79. The van der Waals surface area contributed by atoms with Gasteiger partial charge >= 0.3 is 0 Å². The van der Waals surface area contributed by atoms with Crippen LogP contribution in [-0.4, -0.2) is 64.5 Å². The van der Waals surface area contributed by atoms with E-state index < -0.39 is 0 Å². The molecule has 1 aliphatic heterocycles. The summed E-state index contributed by atoms with van der Waals surface area (Å²) in [5.74, 6) is 2.89. The molecule has 35 heavy (non-hydrogen) atoms. The summed E-state index contributed by atoms with van der Waals surface area (Å²) >= 11 is 1.62. The number of carbonyl (C=O) groups is 1. The Balaban J connectivity index is 1.37. The zero-order valence-electron chi connectivity index (χ0n) is 20.0. The Hall–Kier alpha value is -3.31. The normalized spacial score (nSPS) is 12.5. The van der Waals surface area contributed by atoms with Crippen molar-refractivity contribution in [3.05, 3.63) is 36.0 Å². The molecule has 0 unspecified atom stereocenters. The second-order valence-electron chi connectivity index (χ2n) is 7.67. The smallest absolute Gasteiger partial charge is 0.244 e. The summed E-state index contributed by atoms with van der Waals surface area (Å²) in [6.07, 6.45) is 6.03. The molecule has 0 saturated heterocycles. The van der Waals surface area contributed by atoms with E-state index in [0.717, 1.165) is 34.6 Å². The van der Waals surface area contributed by atoms with Crippen LogP contribution >= 0.6 is 11.8 Å². The molecule has 186 valence electrons. The van der Waals surface area contributed by atoms with Gasteiger partial charge in [-0.1, -0.05) is 24.8 Å². The van der Waals surface area contributed by atoms with E-state index in [0.29, 0.717) is 49.5 Å². The molecule has 2 N–H and O–H groups in total. The van der Waals surface area contributed by atoms with Crippen LogP contribution in [-0.2, 0) is 16.1 Å².